The van der Waals surface area contributed by atoms with Crippen molar-refractivity contribution in [1.29, 1.82) is 0 Å². The van der Waals surface area contributed by atoms with Gasteiger partial charge in [-0.3, -0.25) is 0 Å². The maximum absolute atomic E-state index is 5.76. The van der Waals surface area contributed by atoms with Crippen LogP contribution in [0.3, 0.4) is 0 Å². The number of halogens is 1. The van der Waals surface area contributed by atoms with Crippen molar-refractivity contribution in [2.24, 2.45) is 0 Å². The zero-order valence-electron chi connectivity index (χ0n) is 10.0. The zero-order chi connectivity index (χ0) is 11.5. The van der Waals surface area contributed by atoms with Crippen LogP contribution in [0.5, 0.6) is 0 Å². The predicted molar refractivity (Wildman–Crippen MR) is 71.8 cm³/mol. The van der Waals surface area contributed by atoms with Gasteiger partial charge in [-0.15, -0.1) is 22.6 Å². The number of piperidine rings is 1. The van der Waals surface area contributed by atoms with Crippen molar-refractivity contribution in [1.82, 2.24) is 15.5 Å². The average Bonchev–Trinajstić information content (AvgIpc) is 2.90. The second-order valence-electron chi connectivity index (χ2n) is 4.34. The summed E-state index contributed by atoms with van der Waals surface area (Å²) in [6.45, 7) is 2.07. The van der Waals surface area contributed by atoms with Gasteiger partial charge in [0.25, 0.3) is 0 Å². The molecule has 1 aliphatic rings. The Morgan fingerprint density at radius 2 is 1.78 bits per heavy atom. The van der Waals surface area contributed by atoms with Crippen LogP contribution in [0.2, 0.25) is 0 Å². The van der Waals surface area contributed by atoms with Crippen LogP contribution in [0, 0.1) is 0 Å². The minimum Gasteiger partial charge on any atom is -0.420 e. The third-order valence-corrected chi connectivity index (χ3v) is 3.15. The second kappa shape index (κ2) is 5.98. The van der Waals surface area contributed by atoms with Crippen LogP contribution < -0.4 is 5.32 Å². The van der Waals surface area contributed by atoms with Gasteiger partial charge in [-0.2, -0.15) is 0 Å². The van der Waals surface area contributed by atoms with E-state index in [4.69, 9.17) is 4.42 Å². The van der Waals surface area contributed by atoms with Gasteiger partial charge in [-0.25, -0.2) is 0 Å². The van der Waals surface area contributed by atoms with Gasteiger partial charge in [-0.1, -0.05) is 18.2 Å². The Kier molecular flexibility index (Phi) is 4.33. The molecule has 2 aromatic rings. The highest BCUT2D eigenvalue weighted by Crippen LogP contribution is 2.26. The average molecular weight is 266 g/mol. The Morgan fingerprint density at radius 3 is 2.50 bits per heavy atom. The highest BCUT2D eigenvalue weighted by molar-refractivity contribution is 5.85. The molecule has 1 aliphatic heterocycles. The number of hydrogen-bond donors (Lipinski definition) is 1. The van der Waals surface area contributed by atoms with Crippen LogP contribution in [-0.2, 0) is 0 Å². The van der Waals surface area contributed by atoms with Crippen molar-refractivity contribution in [3.63, 3.8) is 0 Å². The number of hydrogen-bond acceptors (Lipinski definition) is 4. The Bertz CT molecular complexity index is 480. The minimum absolute atomic E-state index is 0. The lowest BCUT2D eigenvalue weighted by atomic mass is 9.98. The number of nitrogens with one attached hydrogen (secondary N) is 1. The second-order valence-corrected chi connectivity index (χ2v) is 4.34. The number of benzene rings is 1. The third-order valence-electron chi connectivity index (χ3n) is 3.15. The first-order valence-corrected chi connectivity index (χ1v) is 6.03. The van der Waals surface area contributed by atoms with Crippen molar-refractivity contribution >= 4 is 12.4 Å². The summed E-state index contributed by atoms with van der Waals surface area (Å²) in [4.78, 5) is 0. The molecule has 1 aromatic heterocycles. The number of nitrogens with zero attached hydrogens (tertiary/aromatic N) is 2. The van der Waals surface area contributed by atoms with E-state index < -0.39 is 0 Å². The molecule has 3 rings (SSSR count). The van der Waals surface area contributed by atoms with Crippen LogP contribution in [0.4, 0.5) is 0 Å². The molecular formula is C13H16ClN3O. The standard InChI is InChI=1S/C13H15N3O.ClH/c1-2-4-10(5-3-1)12-15-16-13(17-12)11-6-8-14-9-7-11;/h1-5,11,14H,6-9H2;1H. The van der Waals surface area contributed by atoms with Crippen molar-refractivity contribution < 1.29 is 4.42 Å². The molecule has 0 bridgehead atoms. The van der Waals surface area contributed by atoms with Crippen LogP contribution >= 0.6 is 12.4 Å². The molecule has 18 heavy (non-hydrogen) atoms. The van der Waals surface area contributed by atoms with E-state index in [0.717, 1.165) is 37.4 Å². The van der Waals surface area contributed by atoms with Crippen molar-refractivity contribution in [2.45, 2.75) is 18.8 Å². The summed E-state index contributed by atoms with van der Waals surface area (Å²) in [5, 5.41) is 11.6. The summed E-state index contributed by atoms with van der Waals surface area (Å²) in [6.07, 6.45) is 2.16. The van der Waals surface area contributed by atoms with Crippen molar-refractivity contribution in [3.05, 3.63) is 36.2 Å². The molecule has 96 valence electrons. The van der Waals surface area contributed by atoms with E-state index in [1.807, 2.05) is 30.3 Å². The Hall–Kier alpha value is -1.39. The van der Waals surface area contributed by atoms with E-state index in [0.29, 0.717) is 11.8 Å². The lowest BCUT2D eigenvalue weighted by Crippen LogP contribution is -2.26. The van der Waals surface area contributed by atoms with Gasteiger partial charge in [0, 0.05) is 11.5 Å². The molecule has 5 heteroatoms. The van der Waals surface area contributed by atoms with Gasteiger partial charge >= 0.3 is 0 Å². The normalized spacial score (nSPS) is 16.2. The fourth-order valence-corrected chi connectivity index (χ4v) is 2.17. The summed E-state index contributed by atoms with van der Waals surface area (Å²) in [5.74, 6) is 1.82. The number of aromatic nitrogens is 2. The maximum atomic E-state index is 5.76. The van der Waals surface area contributed by atoms with Crippen molar-refractivity contribution in [3.8, 4) is 11.5 Å². The van der Waals surface area contributed by atoms with Crippen LogP contribution in [0.15, 0.2) is 34.7 Å². The topological polar surface area (TPSA) is 51.0 Å². The molecule has 0 amide bonds. The smallest absolute Gasteiger partial charge is 0.247 e. The maximum Gasteiger partial charge on any atom is 0.247 e. The summed E-state index contributed by atoms with van der Waals surface area (Å²) in [7, 11) is 0. The van der Waals surface area contributed by atoms with E-state index in [1.165, 1.54) is 0 Å². The van der Waals surface area contributed by atoms with Gasteiger partial charge in [-0.05, 0) is 38.1 Å². The Morgan fingerprint density at radius 1 is 1.06 bits per heavy atom. The molecule has 1 aromatic carbocycles. The summed E-state index contributed by atoms with van der Waals surface area (Å²) < 4.78 is 5.76. The molecule has 0 radical (unpaired) electrons. The SMILES string of the molecule is Cl.c1ccc(-c2nnc(C3CCNCC3)o2)cc1. The van der Waals surface area contributed by atoms with E-state index in [-0.39, 0.29) is 12.4 Å². The molecule has 0 spiro atoms. The van der Waals surface area contributed by atoms with E-state index in [2.05, 4.69) is 15.5 Å². The molecule has 4 nitrogen and oxygen atoms in total. The summed E-state index contributed by atoms with van der Waals surface area (Å²) in [5.41, 5.74) is 0.986. The molecule has 1 saturated heterocycles. The number of rotatable bonds is 2. The van der Waals surface area contributed by atoms with Crippen LogP contribution in [-0.4, -0.2) is 23.3 Å². The van der Waals surface area contributed by atoms with E-state index >= 15 is 0 Å². The lowest BCUT2D eigenvalue weighted by molar-refractivity contribution is 0.378. The Balaban J connectivity index is 0.00000120. The molecule has 0 unspecified atom stereocenters. The van der Waals surface area contributed by atoms with Gasteiger partial charge in [0.15, 0.2) is 0 Å². The van der Waals surface area contributed by atoms with Gasteiger partial charge in [0.1, 0.15) is 0 Å². The van der Waals surface area contributed by atoms with E-state index in [9.17, 15) is 0 Å². The largest absolute Gasteiger partial charge is 0.420 e. The highest BCUT2D eigenvalue weighted by atomic mass is 35.5. The monoisotopic (exact) mass is 265 g/mol. The molecule has 0 atom stereocenters. The van der Waals surface area contributed by atoms with Gasteiger partial charge in [0.2, 0.25) is 11.8 Å². The van der Waals surface area contributed by atoms with E-state index in [1.54, 1.807) is 0 Å². The third kappa shape index (κ3) is 2.71. The molecule has 1 fully saturated rings. The Labute approximate surface area is 112 Å². The fourth-order valence-electron chi connectivity index (χ4n) is 2.17. The first-order chi connectivity index (χ1) is 8.43. The molecule has 1 N–H and O–H groups in total. The summed E-state index contributed by atoms with van der Waals surface area (Å²) >= 11 is 0. The van der Waals surface area contributed by atoms with Gasteiger partial charge < -0.3 is 9.73 Å². The zero-order valence-corrected chi connectivity index (χ0v) is 10.8. The van der Waals surface area contributed by atoms with Crippen LogP contribution in [0.1, 0.15) is 24.7 Å². The first kappa shape index (κ1) is 13.1. The fraction of sp³-hybridized carbons (Fsp3) is 0.385. The first-order valence-electron chi connectivity index (χ1n) is 6.03. The molecular weight excluding hydrogens is 250 g/mol. The van der Waals surface area contributed by atoms with Crippen molar-refractivity contribution in [2.75, 3.05) is 13.1 Å². The minimum atomic E-state index is 0. The quantitative estimate of drug-likeness (QED) is 0.907. The highest BCUT2D eigenvalue weighted by Gasteiger charge is 2.21. The summed E-state index contributed by atoms with van der Waals surface area (Å²) in [6, 6.07) is 9.90. The predicted octanol–water partition coefficient (Wildman–Crippen LogP) is 2.63. The van der Waals surface area contributed by atoms with Gasteiger partial charge in [0.05, 0.1) is 0 Å². The lowest BCUT2D eigenvalue weighted by Gasteiger charge is -2.18. The van der Waals surface area contributed by atoms with Crippen LogP contribution in [0.25, 0.3) is 11.5 Å². The molecule has 0 aliphatic carbocycles. The molecule has 2 heterocycles. The molecule has 0 saturated carbocycles.